The molecule has 10 heteroatoms. The van der Waals surface area contributed by atoms with Gasteiger partial charge in [-0.2, -0.15) is 13.9 Å². The van der Waals surface area contributed by atoms with E-state index in [9.17, 15) is 18.4 Å². The second kappa shape index (κ2) is 8.58. The molecule has 1 aromatic carbocycles. The van der Waals surface area contributed by atoms with Crippen molar-refractivity contribution in [3.8, 4) is 5.75 Å². The number of nitrogens with zero attached hydrogens (tertiary/aromatic N) is 3. The van der Waals surface area contributed by atoms with Gasteiger partial charge in [-0.25, -0.2) is 0 Å². The highest BCUT2D eigenvalue weighted by atomic mass is 19.3. The van der Waals surface area contributed by atoms with E-state index in [0.717, 1.165) is 0 Å². The van der Waals surface area contributed by atoms with Gasteiger partial charge in [-0.1, -0.05) is 12.1 Å². The van der Waals surface area contributed by atoms with Gasteiger partial charge in [0.25, 0.3) is 5.91 Å². The van der Waals surface area contributed by atoms with Crippen molar-refractivity contribution >= 4 is 17.5 Å². The van der Waals surface area contributed by atoms with E-state index in [2.05, 4.69) is 15.2 Å². The van der Waals surface area contributed by atoms with Crippen LogP contribution in [0.25, 0.3) is 0 Å². The minimum Gasteiger partial charge on any atom is -0.434 e. The van der Waals surface area contributed by atoms with Gasteiger partial charge in [0.15, 0.2) is 0 Å². The van der Waals surface area contributed by atoms with Gasteiger partial charge >= 0.3 is 6.61 Å². The summed E-state index contributed by atoms with van der Waals surface area (Å²) >= 11 is 0. The van der Waals surface area contributed by atoms with Gasteiger partial charge in [0, 0.05) is 19.3 Å². The van der Waals surface area contributed by atoms with E-state index < -0.39 is 12.5 Å². The Bertz CT molecular complexity index is 806. The Balaban J connectivity index is 1.62. The zero-order chi connectivity index (χ0) is 19.2. The topological polar surface area (TPSA) is 85.7 Å². The van der Waals surface area contributed by atoms with Crippen LogP contribution in [0.5, 0.6) is 5.75 Å². The Hall–Kier alpha value is -3.01. The molecular weight excluding hydrogens is 362 g/mol. The molecule has 1 aromatic heterocycles. The normalized spacial score (nSPS) is 14.3. The number of morpholine rings is 1. The summed E-state index contributed by atoms with van der Waals surface area (Å²) in [4.78, 5) is 26.2. The fraction of sp³-hybridized carbons (Fsp3) is 0.353. The summed E-state index contributed by atoms with van der Waals surface area (Å²) in [5.74, 6) is -0.944. The number of amides is 2. The maximum atomic E-state index is 12.5. The number of benzene rings is 1. The van der Waals surface area contributed by atoms with Crippen molar-refractivity contribution in [1.29, 1.82) is 0 Å². The summed E-state index contributed by atoms with van der Waals surface area (Å²) in [6, 6.07) is 5.69. The van der Waals surface area contributed by atoms with Gasteiger partial charge in [0.05, 0.1) is 30.7 Å². The van der Waals surface area contributed by atoms with Crippen LogP contribution in [0.4, 0.5) is 14.5 Å². The van der Waals surface area contributed by atoms with E-state index in [1.165, 1.54) is 41.3 Å². The summed E-state index contributed by atoms with van der Waals surface area (Å²) in [7, 11) is 0. The predicted molar refractivity (Wildman–Crippen MR) is 90.7 cm³/mol. The number of anilines is 1. The van der Waals surface area contributed by atoms with Gasteiger partial charge in [-0.15, -0.1) is 0 Å². The number of carbonyl (C=O) groups excluding carboxylic acids is 2. The molecule has 3 rings (SSSR count). The third-order valence-corrected chi connectivity index (χ3v) is 3.90. The van der Waals surface area contributed by atoms with Gasteiger partial charge in [0.1, 0.15) is 12.3 Å². The highest BCUT2D eigenvalue weighted by molar-refractivity contribution is 6.06. The zero-order valence-electron chi connectivity index (χ0n) is 14.3. The van der Waals surface area contributed by atoms with Gasteiger partial charge in [-0.05, 0) is 12.1 Å². The first-order valence-electron chi connectivity index (χ1n) is 8.26. The van der Waals surface area contributed by atoms with Crippen molar-refractivity contribution in [2.45, 2.75) is 13.2 Å². The van der Waals surface area contributed by atoms with E-state index in [1.807, 2.05) is 0 Å². The number of ether oxygens (including phenoxy) is 2. The van der Waals surface area contributed by atoms with Crippen molar-refractivity contribution in [1.82, 2.24) is 14.7 Å². The number of carbonyl (C=O) groups is 2. The molecule has 0 saturated carbocycles. The van der Waals surface area contributed by atoms with Crippen LogP contribution in [0.3, 0.4) is 0 Å². The lowest BCUT2D eigenvalue weighted by Gasteiger charge is -2.26. The summed E-state index contributed by atoms with van der Waals surface area (Å²) in [6.07, 6.45) is 2.87. The van der Waals surface area contributed by atoms with Crippen molar-refractivity contribution in [2.24, 2.45) is 0 Å². The first kappa shape index (κ1) is 18.8. The number of aromatic nitrogens is 2. The molecule has 0 aliphatic carbocycles. The van der Waals surface area contributed by atoms with Crippen LogP contribution >= 0.6 is 0 Å². The van der Waals surface area contributed by atoms with Gasteiger partial charge < -0.3 is 19.7 Å². The summed E-state index contributed by atoms with van der Waals surface area (Å²) in [5.41, 5.74) is 0.302. The molecule has 2 heterocycles. The molecule has 1 saturated heterocycles. The van der Waals surface area contributed by atoms with Crippen LogP contribution in [-0.2, 0) is 16.1 Å². The third-order valence-electron chi connectivity index (χ3n) is 3.90. The van der Waals surface area contributed by atoms with Crippen molar-refractivity contribution in [2.75, 3.05) is 31.6 Å². The average molecular weight is 380 g/mol. The summed E-state index contributed by atoms with van der Waals surface area (Å²) < 4.78 is 35.9. The second-order valence-electron chi connectivity index (χ2n) is 5.75. The molecule has 2 amide bonds. The Morgan fingerprint density at radius 1 is 1.26 bits per heavy atom. The van der Waals surface area contributed by atoms with Gasteiger partial charge in [0.2, 0.25) is 5.91 Å². The van der Waals surface area contributed by atoms with Crippen LogP contribution in [0.1, 0.15) is 10.4 Å². The van der Waals surface area contributed by atoms with Crippen molar-refractivity contribution in [3.05, 3.63) is 42.2 Å². The van der Waals surface area contributed by atoms with Crippen LogP contribution in [0.15, 0.2) is 36.7 Å². The van der Waals surface area contributed by atoms with Crippen molar-refractivity contribution in [3.63, 3.8) is 0 Å². The molecule has 27 heavy (non-hydrogen) atoms. The Kier molecular flexibility index (Phi) is 5.97. The molecular formula is C17H18F2N4O4. The molecule has 0 radical (unpaired) electrons. The van der Waals surface area contributed by atoms with E-state index >= 15 is 0 Å². The first-order valence-corrected chi connectivity index (χ1v) is 8.26. The van der Waals surface area contributed by atoms with Gasteiger partial charge in [-0.3, -0.25) is 14.3 Å². The summed E-state index contributed by atoms with van der Waals surface area (Å²) in [5, 5.41) is 6.59. The molecule has 144 valence electrons. The zero-order valence-corrected chi connectivity index (χ0v) is 14.3. The SMILES string of the molecule is O=C(Nc1cnn(CC(=O)N2CCOCC2)c1)c1ccccc1OC(F)F. The minimum atomic E-state index is -3.03. The lowest BCUT2D eigenvalue weighted by Crippen LogP contribution is -2.42. The fourth-order valence-electron chi connectivity index (χ4n) is 2.62. The van der Waals surface area contributed by atoms with Crippen LogP contribution in [0.2, 0.25) is 0 Å². The molecule has 1 aliphatic rings. The monoisotopic (exact) mass is 380 g/mol. The minimum absolute atomic E-state index is 0.0287. The molecule has 0 unspecified atom stereocenters. The molecule has 1 fully saturated rings. The molecule has 0 atom stereocenters. The molecule has 2 aromatic rings. The predicted octanol–water partition coefficient (Wildman–Crippen LogP) is 1.60. The molecule has 1 aliphatic heterocycles. The first-order chi connectivity index (χ1) is 13.0. The second-order valence-corrected chi connectivity index (χ2v) is 5.75. The van der Waals surface area contributed by atoms with E-state index in [0.29, 0.717) is 32.0 Å². The third kappa shape index (κ3) is 5.00. The van der Waals surface area contributed by atoms with Crippen LogP contribution < -0.4 is 10.1 Å². The van der Waals surface area contributed by atoms with E-state index in [-0.39, 0.29) is 23.8 Å². The smallest absolute Gasteiger partial charge is 0.387 e. The highest BCUT2D eigenvalue weighted by Gasteiger charge is 2.19. The lowest BCUT2D eigenvalue weighted by atomic mass is 10.2. The number of hydrogen-bond donors (Lipinski definition) is 1. The molecule has 1 N–H and O–H groups in total. The van der Waals surface area contributed by atoms with Crippen LogP contribution in [0, 0.1) is 0 Å². The number of hydrogen-bond acceptors (Lipinski definition) is 5. The largest absolute Gasteiger partial charge is 0.434 e. The average Bonchev–Trinajstić information content (AvgIpc) is 3.09. The summed E-state index contributed by atoms with van der Waals surface area (Å²) in [6.45, 7) is -0.929. The number of rotatable bonds is 6. The highest BCUT2D eigenvalue weighted by Crippen LogP contribution is 2.21. The fourth-order valence-corrected chi connectivity index (χ4v) is 2.62. The standard InChI is InChI=1S/C17H18F2N4O4/c18-17(19)27-14-4-2-1-3-13(14)16(25)21-12-9-20-23(10-12)11-15(24)22-5-7-26-8-6-22/h1-4,9-10,17H,5-8,11H2,(H,21,25). The van der Waals surface area contributed by atoms with Crippen molar-refractivity contribution < 1.29 is 27.8 Å². The van der Waals surface area contributed by atoms with Crippen LogP contribution in [-0.4, -0.2) is 59.4 Å². The Morgan fingerprint density at radius 3 is 2.74 bits per heavy atom. The molecule has 8 nitrogen and oxygen atoms in total. The number of para-hydroxylation sites is 1. The van der Waals surface area contributed by atoms with E-state index in [1.54, 1.807) is 4.90 Å². The number of halogens is 2. The Morgan fingerprint density at radius 2 is 2.00 bits per heavy atom. The quantitative estimate of drug-likeness (QED) is 0.823. The maximum Gasteiger partial charge on any atom is 0.387 e. The maximum absolute atomic E-state index is 12.5. The Labute approximate surface area is 153 Å². The van der Waals surface area contributed by atoms with E-state index in [4.69, 9.17) is 4.74 Å². The number of nitrogens with one attached hydrogen (secondary N) is 1. The molecule has 0 spiro atoms. The number of alkyl halides is 2. The lowest BCUT2D eigenvalue weighted by molar-refractivity contribution is -0.136. The molecule has 0 bridgehead atoms.